The predicted molar refractivity (Wildman–Crippen MR) is 107 cm³/mol. The molecule has 0 unspecified atom stereocenters. The summed E-state index contributed by atoms with van der Waals surface area (Å²) in [5.74, 6) is -0.457. The van der Waals surface area contributed by atoms with Crippen LogP contribution < -0.4 is 15.4 Å². The lowest BCUT2D eigenvalue weighted by molar-refractivity contribution is -0.141. The molecule has 0 spiro atoms. The molecule has 2 atom stereocenters. The third kappa shape index (κ3) is 7.58. The second-order valence-electron chi connectivity index (χ2n) is 6.93. The SMILES string of the molecule is CCC[C@@H](CC(=O)OC)NC(=O)[C@H](NC(=O)c1ccc(OCC)cc1)C(C)C. The van der Waals surface area contributed by atoms with Gasteiger partial charge in [-0.3, -0.25) is 14.4 Å². The van der Waals surface area contributed by atoms with E-state index >= 15 is 0 Å². The average molecular weight is 392 g/mol. The molecule has 156 valence electrons. The van der Waals surface area contributed by atoms with Crippen LogP contribution in [0, 0.1) is 5.92 Å². The molecule has 0 fully saturated rings. The summed E-state index contributed by atoms with van der Waals surface area (Å²) < 4.78 is 10.1. The Labute approximate surface area is 167 Å². The molecule has 0 aliphatic rings. The van der Waals surface area contributed by atoms with Crippen molar-refractivity contribution in [1.82, 2.24) is 10.6 Å². The molecule has 28 heavy (non-hydrogen) atoms. The average Bonchev–Trinajstić information content (AvgIpc) is 2.66. The van der Waals surface area contributed by atoms with E-state index in [-0.39, 0.29) is 36.2 Å². The lowest BCUT2D eigenvalue weighted by Crippen LogP contribution is -2.52. The lowest BCUT2D eigenvalue weighted by Gasteiger charge is -2.25. The van der Waals surface area contributed by atoms with Crippen molar-refractivity contribution in [3.8, 4) is 5.75 Å². The number of benzene rings is 1. The quantitative estimate of drug-likeness (QED) is 0.565. The number of hydrogen-bond acceptors (Lipinski definition) is 5. The molecule has 1 aromatic carbocycles. The Morgan fingerprint density at radius 1 is 1.04 bits per heavy atom. The molecule has 2 N–H and O–H groups in total. The van der Waals surface area contributed by atoms with Crippen LogP contribution in [0.4, 0.5) is 0 Å². The van der Waals surface area contributed by atoms with Crippen LogP contribution in [0.1, 0.15) is 57.3 Å². The minimum Gasteiger partial charge on any atom is -0.494 e. The van der Waals surface area contributed by atoms with Crippen molar-refractivity contribution in [3.63, 3.8) is 0 Å². The Bertz CT molecular complexity index is 643. The van der Waals surface area contributed by atoms with Crippen LogP contribution in [-0.4, -0.2) is 43.6 Å². The molecule has 0 saturated carbocycles. The van der Waals surface area contributed by atoms with Gasteiger partial charge in [0.15, 0.2) is 0 Å². The number of rotatable bonds is 11. The molecule has 0 aromatic heterocycles. The Morgan fingerprint density at radius 3 is 2.18 bits per heavy atom. The molecule has 1 rings (SSSR count). The number of hydrogen-bond donors (Lipinski definition) is 2. The number of carbonyl (C=O) groups is 3. The second kappa shape index (κ2) is 12.0. The number of nitrogens with one attached hydrogen (secondary N) is 2. The molecular formula is C21H32N2O5. The molecule has 1 aromatic rings. The van der Waals surface area contributed by atoms with Crippen LogP contribution in [0.15, 0.2) is 24.3 Å². The van der Waals surface area contributed by atoms with E-state index < -0.39 is 6.04 Å². The largest absolute Gasteiger partial charge is 0.494 e. The van der Waals surface area contributed by atoms with Gasteiger partial charge in [0, 0.05) is 11.6 Å². The van der Waals surface area contributed by atoms with E-state index in [1.165, 1.54) is 7.11 Å². The molecule has 7 heteroatoms. The molecule has 0 heterocycles. The summed E-state index contributed by atoms with van der Waals surface area (Å²) in [5, 5.41) is 5.66. The monoisotopic (exact) mass is 392 g/mol. The van der Waals surface area contributed by atoms with E-state index in [0.717, 1.165) is 6.42 Å². The van der Waals surface area contributed by atoms with Crippen LogP contribution in [-0.2, 0) is 14.3 Å². The minimum atomic E-state index is -0.712. The van der Waals surface area contributed by atoms with Crippen LogP contribution in [0.3, 0.4) is 0 Å². The highest BCUT2D eigenvalue weighted by molar-refractivity contribution is 5.97. The highest BCUT2D eigenvalue weighted by atomic mass is 16.5. The number of amides is 2. The zero-order chi connectivity index (χ0) is 21.1. The summed E-state index contributed by atoms with van der Waals surface area (Å²) in [4.78, 5) is 36.9. The van der Waals surface area contributed by atoms with Gasteiger partial charge in [-0.15, -0.1) is 0 Å². The number of carbonyl (C=O) groups excluding carboxylic acids is 3. The van der Waals surface area contributed by atoms with Gasteiger partial charge in [0.25, 0.3) is 5.91 Å². The van der Waals surface area contributed by atoms with Gasteiger partial charge in [0.1, 0.15) is 11.8 Å². The topological polar surface area (TPSA) is 93.7 Å². The van der Waals surface area contributed by atoms with E-state index in [1.54, 1.807) is 24.3 Å². The summed E-state index contributed by atoms with van der Waals surface area (Å²) in [6.07, 6.45) is 1.57. The van der Waals surface area contributed by atoms with Crippen molar-refractivity contribution in [2.45, 2.75) is 59.0 Å². The van der Waals surface area contributed by atoms with Gasteiger partial charge in [0.05, 0.1) is 20.1 Å². The molecule has 0 saturated heterocycles. The number of methoxy groups -OCH3 is 1. The van der Waals surface area contributed by atoms with E-state index in [0.29, 0.717) is 24.3 Å². The Morgan fingerprint density at radius 2 is 1.68 bits per heavy atom. The zero-order valence-electron chi connectivity index (χ0n) is 17.4. The van der Waals surface area contributed by atoms with Gasteiger partial charge in [-0.2, -0.15) is 0 Å². The Hall–Kier alpha value is -2.57. The van der Waals surface area contributed by atoms with Crippen molar-refractivity contribution in [2.24, 2.45) is 5.92 Å². The Kier molecular flexibility index (Phi) is 10.1. The number of esters is 1. The molecule has 7 nitrogen and oxygen atoms in total. The van der Waals surface area contributed by atoms with Crippen molar-refractivity contribution >= 4 is 17.8 Å². The normalized spacial score (nSPS) is 12.8. The van der Waals surface area contributed by atoms with Crippen molar-refractivity contribution in [3.05, 3.63) is 29.8 Å². The third-order valence-corrected chi connectivity index (χ3v) is 4.29. The maximum Gasteiger partial charge on any atom is 0.307 e. The van der Waals surface area contributed by atoms with E-state index in [1.807, 2.05) is 27.7 Å². The smallest absolute Gasteiger partial charge is 0.307 e. The first-order valence-electron chi connectivity index (χ1n) is 9.73. The standard InChI is InChI=1S/C21H32N2O5/c1-6-8-16(13-18(24)27-5)22-21(26)19(14(3)4)23-20(25)15-9-11-17(12-10-15)28-7-2/h9-12,14,16,19H,6-8,13H2,1-5H3,(H,22,26)(H,23,25)/t16-,19+/m0/s1. The summed E-state index contributed by atoms with van der Waals surface area (Å²) in [6.45, 7) is 8.13. The van der Waals surface area contributed by atoms with Crippen LogP contribution in [0.5, 0.6) is 5.75 Å². The van der Waals surface area contributed by atoms with Crippen molar-refractivity contribution in [2.75, 3.05) is 13.7 Å². The lowest BCUT2D eigenvalue weighted by atomic mass is 10.0. The first-order valence-corrected chi connectivity index (χ1v) is 9.73. The van der Waals surface area contributed by atoms with Crippen molar-refractivity contribution in [1.29, 1.82) is 0 Å². The second-order valence-corrected chi connectivity index (χ2v) is 6.93. The zero-order valence-corrected chi connectivity index (χ0v) is 17.4. The van der Waals surface area contributed by atoms with Gasteiger partial charge in [-0.1, -0.05) is 27.2 Å². The van der Waals surface area contributed by atoms with Crippen LogP contribution in [0.25, 0.3) is 0 Å². The molecule has 0 bridgehead atoms. The fourth-order valence-corrected chi connectivity index (χ4v) is 2.78. The van der Waals surface area contributed by atoms with E-state index in [9.17, 15) is 14.4 Å². The van der Waals surface area contributed by atoms with Crippen LogP contribution in [0.2, 0.25) is 0 Å². The van der Waals surface area contributed by atoms with Gasteiger partial charge in [-0.25, -0.2) is 0 Å². The summed E-state index contributed by atoms with van der Waals surface area (Å²) in [6, 6.07) is 5.72. The first kappa shape index (κ1) is 23.5. The van der Waals surface area contributed by atoms with Gasteiger partial charge < -0.3 is 20.1 Å². The first-order chi connectivity index (χ1) is 13.3. The maximum atomic E-state index is 12.7. The molecule has 2 amide bonds. The third-order valence-electron chi connectivity index (χ3n) is 4.29. The van der Waals surface area contributed by atoms with Gasteiger partial charge in [0.2, 0.25) is 5.91 Å². The maximum absolute atomic E-state index is 12.7. The highest BCUT2D eigenvalue weighted by Gasteiger charge is 2.27. The minimum absolute atomic E-state index is 0.105. The molecule has 0 aliphatic heterocycles. The van der Waals surface area contributed by atoms with E-state index in [2.05, 4.69) is 10.6 Å². The summed E-state index contributed by atoms with van der Waals surface area (Å²) in [7, 11) is 1.32. The molecule has 0 aliphatic carbocycles. The van der Waals surface area contributed by atoms with Gasteiger partial charge in [-0.05, 0) is 43.5 Å². The highest BCUT2D eigenvalue weighted by Crippen LogP contribution is 2.13. The predicted octanol–water partition coefficient (Wildman–Crippen LogP) is 2.69. The van der Waals surface area contributed by atoms with Gasteiger partial charge >= 0.3 is 5.97 Å². The van der Waals surface area contributed by atoms with Crippen molar-refractivity contribution < 1.29 is 23.9 Å². The molecular weight excluding hydrogens is 360 g/mol. The van der Waals surface area contributed by atoms with Crippen LogP contribution >= 0.6 is 0 Å². The summed E-state index contributed by atoms with van der Waals surface area (Å²) >= 11 is 0. The van der Waals surface area contributed by atoms with E-state index in [4.69, 9.17) is 9.47 Å². The summed E-state index contributed by atoms with van der Waals surface area (Å²) in [5.41, 5.74) is 0.446. The molecule has 0 radical (unpaired) electrons. The fraction of sp³-hybridized carbons (Fsp3) is 0.571. The fourth-order valence-electron chi connectivity index (χ4n) is 2.78. The number of ether oxygens (including phenoxy) is 2. The Balaban J connectivity index is 2.80.